The standard InChI is InChI=1S/C33H33NO5/c1-4-38-33(36)30-21(2)34-28-18-25(23-10-14-26(37-3)15-11-23)19-29(35)32(28)31(30)24-12-16-27(17-13-24)39-20-22-8-6-5-7-9-22/h5-17,25,30-31H,4,18-20H2,1-3H3/t25-,30?,31-/m0/s1. The van der Waals surface area contributed by atoms with Gasteiger partial charge in [-0.2, -0.15) is 0 Å². The average molecular weight is 524 g/mol. The highest BCUT2D eigenvalue weighted by Gasteiger charge is 2.44. The number of rotatable bonds is 8. The molecule has 0 spiro atoms. The maximum Gasteiger partial charge on any atom is 0.315 e. The zero-order valence-electron chi connectivity index (χ0n) is 22.6. The Kier molecular flexibility index (Phi) is 7.92. The summed E-state index contributed by atoms with van der Waals surface area (Å²) in [7, 11) is 1.64. The molecule has 0 radical (unpaired) electrons. The molecule has 0 N–H and O–H groups in total. The molecule has 2 aliphatic rings. The number of hydrogen-bond acceptors (Lipinski definition) is 6. The molecule has 3 atom stereocenters. The largest absolute Gasteiger partial charge is 0.497 e. The molecule has 0 saturated carbocycles. The van der Waals surface area contributed by atoms with Crippen molar-refractivity contribution < 1.29 is 23.8 Å². The van der Waals surface area contributed by atoms with Gasteiger partial charge in [0.2, 0.25) is 0 Å². The summed E-state index contributed by atoms with van der Waals surface area (Å²) in [6, 6.07) is 25.5. The quantitative estimate of drug-likeness (QED) is 0.319. The van der Waals surface area contributed by atoms with E-state index in [0.717, 1.165) is 33.9 Å². The van der Waals surface area contributed by atoms with Crippen molar-refractivity contribution in [1.29, 1.82) is 0 Å². The highest BCUT2D eigenvalue weighted by molar-refractivity contribution is 6.09. The van der Waals surface area contributed by atoms with Crippen LogP contribution < -0.4 is 9.47 Å². The van der Waals surface area contributed by atoms with Crippen LogP contribution in [0, 0.1) is 5.92 Å². The van der Waals surface area contributed by atoms with Crippen molar-refractivity contribution in [3.8, 4) is 11.5 Å². The lowest BCUT2D eigenvalue weighted by atomic mass is 9.69. The fourth-order valence-electron chi connectivity index (χ4n) is 5.58. The van der Waals surface area contributed by atoms with Crippen molar-refractivity contribution in [3.63, 3.8) is 0 Å². The highest BCUT2D eigenvalue weighted by Crippen LogP contribution is 2.47. The van der Waals surface area contributed by atoms with Gasteiger partial charge in [-0.05, 0) is 67.1 Å². The number of carbonyl (C=O) groups excluding carboxylic acids is 2. The summed E-state index contributed by atoms with van der Waals surface area (Å²) < 4.78 is 16.7. The number of nitrogens with zero attached hydrogens (tertiary/aromatic N) is 1. The van der Waals surface area contributed by atoms with Crippen molar-refractivity contribution in [2.75, 3.05) is 13.7 Å². The van der Waals surface area contributed by atoms with Gasteiger partial charge in [0.05, 0.1) is 13.7 Å². The van der Waals surface area contributed by atoms with E-state index >= 15 is 0 Å². The molecule has 6 nitrogen and oxygen atoms in total. The summed E-state index contributed by atoms with van der Waals surface area (Å²) in [5.74, 6) is 0.0838. The third-order valence-electron chi connectivity index (χ3n) is 7.50. The Morgan fingerprint density at radius 1 is 0.897 bits per heavy atom. The van der Waals surface area contributed by atoms with E-state index in [1.807, 2.05) is 85.8 Å². The summed E-state index contributed by atoms with van der Waals surface area (Å²) in [5, 5.41) is 0. The Balaban J connectivity index is 1.46. The van der Waals surface area contributed by atoms with E-state index in [1.165, 1.54) is 0 Å². The van der Waals surface area contributed by atoms with Gasteiger partial charge in [0.15, 0.2) is 5.78 Å². The van der Waals surface area contributed by atoms with Crippen LogP contribution in [-0.4, -0.2) is 31.2 Å². The average Bonchev–Trinajstić information content (AvgIpc) is 2.96. The van der Waals surface area contributed by atoms with E-state index < -0.39 is 11.8 Å². The van der Waals surface area contributed by atoms with E-state index in [9.17, 15) is 9.59 Å². The van der Waals surface area contributed by atoms with Crippen LogP contribution in [0.2, 0.25) is 0 Å². The van der Waals surface area contributed by atoms with Crippen LogP contribution in [0.3, 0.4) is 0 Å². The summed E-state index contributed by atoms with van der Waals surface area (Å²) >= 11 is 0. The SMILES string of the molecule is CCOC(=O)C1C(C)=NC2=C(C(=O)C[C@@H](c3ccc(OC)cc3)C2)[C@H]1c1ccc(OCc2ccccc2)cc1. The number of Topliss-reactive ketones (excluding diaryl/α,β-unsaturated/α-hetero) is 1. The molecule has 0 amide bonds. The Hall–Kier alpha value is -4.19. The van der Waals surface area contributed by atoms with Gasteiger partial charge in [0, 0.05) is 29.3 Å². The molecule has 0 saturated heterocycles. The fourth-order valence-corrected chi connectivity index (χ4v) is 5.58. The lowest BCUT2D eigenvalue weighted by molar-refractivity contribution is -0.146. The molecular formula is C33H33NO5. The molecule has 0 fully saturated rings. The van der Waals surface area contributed by atoms with Crippen LogP contribution in [0.25, 0.3) is 0 Å². The van der Waals surface area contributed by atoms with Crippen molar-refractivity contribution in [3.05, 3.63) is 107 Å². The molecule has 5 rings (SSSR count). The molecule has 1 aliphatic heterocycles. The van der Waals surface area contributed by atoms with Crippen molar-refractivity contribution >= 4 is 17.5 Å². The van der Waals surface area contributed by atoms with E-state index in [4.69, 9.17) is 19.2 Å². The fraction of sp³-hybridized carbons (Fsp3) is 0.303. The van der Waals surface area contributed by atoms with E-state index in [0.29, 0.717) is 30.7 Å². The maximum absolute atomic E-state index is 13.7. The van der Waals surface area contributed by atoms with E-state index in [-0.39, 0.29) is 24.3 Å². The maximum atomic E-state index is 13.7. The first kappa shape index (κ1) is 26.4. The smallest absolute Gasteiger partial charge is 0.315 e. The predicted molar refractivity (Wildman–Crippen MR) is 150 cm³/mol. The molecule has 1 unspecified atom stereocenters. The number of aliphatic imine (C=N–C) groups is 1. The Morgan fingerprint density at radius 2 is 1.56 bits per heavy atom. The number of benzene rings is 3. The molecule has 200 valence electrons. The van der Waals surface area contributed by atoms with Crippen LogP contribution >= 0.6 is 0 Å². The monoisotopic (exact) mass is 523 g/mol. The summed E-state index contributed by atoms with van der Waals surface area (Å²) in [5.41, 5.74) is 5.09. The Labute approximate surface area is 229 Å². The van der Waals surface area contributed by atoms with Crippen LogP contribution in [0.4, 0.5) is 0 Å². The van der Waals surface area contributed by atoms with Crippen LogP contribution in [0.15, 0.2) is 95.1 Å². The zero-order chi connectivity index (χ0) is 27.4. The molecule has 0 aromatic heterocycles. The lowest BCUT2D eigenvalue weighted by Crippen LogP contribution is -2.38. The second kappa shape index (κ2) is 11.7. The molecule has 1 heterocycles. The predicted octanol–water partition coefficient (Wildman–Crippen LogP) is 6.41. The molecule has 39 heavy (non-hydrogen) atoms. The van der Waals surface area contributed by atoms with Crippen molar-refractivity contribution in [2.24, 2.45) is 10.9 Å². The molecule has 1 aliphatic carbocycles. The van der Waals surface area contributed by atoms with Gasteiger partial charge in [-0.1, -0.05) is 54.6 Å². The van der Waals surface area contributed by atoms with Crippen LogP contribution in [0.1, 0.15) is 55.2 Å². The first-order valence-electron chi connectivity index (χ1n) is 13.4. The topological polar surface area (TPSA) is 74.2 Å². The minimum atomic E-state index is -0.652. The number of allylic oxidation sites excluding steroid dienone is 2. The van der Waals surface area contributed by atoms with E-state index in [2.05, 4.69) is 0 Å². The summed E-state index contributed by atoms with van der Waals surface area (Å²) in [6.07, 6.45) is 0.999. The van der Waals surface area contributed by atoms with Gasteiger partial charge in [-0.25, -0.2) is 0 Å². The Morgan fingerprint density at radius 3 is 2.23 bits per heavy atom. The third-order valence-corrected chi connectivity index (χ3v) is 7.50. The summed E-state index contributed by atoms with van der Waals surface area (Å²) in [4.78, 5) is 31.8. The first-order chi connectivity index (χ1) is 19.0. The number of hydrogen-bond donors (Lipinski definition) is 0. The lowest BCUT2D eigenvalue weighted by Gasteiger charge is -2.36. The normalized spacial score (nSPS) is 20.6. The van der Waals surface area contributed by atoms with Gasteiger partial charge >= 0.3 is 5.97 Å². The molecule has 3 aromatic rings. The molecule has 0 bridgehead atoms. The van der Waals surface area contributed by atoms with E-state index in [1.54, 1.807) is 14.0 Å². The zero-order valence-corrected chi connectivity index (χ0v) is 22.6. The third kappa shape index (κ3) is 5.65. The minimum absolute atomic E-state index is 0.0206. The number of ether oxygens (including phenoxy) is 3. The van der Waals surface area contributed by atoms with Gasteiger partial charge in [0.1, 0.15) is 24.0 Å². The molecule has 6 heteroatoms. The number of methoxy groups -OCH3 is 1. The van der Waals surface area contributed by atoms with Crippen LogP contribution in [-0.2, 0) is 20.9 Å². The highest BCUT2D eigenvalue weighted by atomic mass is 16.5. The van der Waals surface area contributed by atoms with Crippen molar-refractivity contribution in [2.45, 2.75) is 45.1 Å². The van der Waals surface area contributed by atoms with Gasteiger partial charge in [-0.15, -0.1) is 0 Å². The molecular weight excluding hydrogens is 490 g/mol. The number of ketones is 1. The second-order valence-electron chi connectivity index (χ2n) is 9.97. The second-order valence-corrected chi connectivity index (χ2v) is 9.97. The number of esters is 1. The van der Waals surface area contributed by atoms with Crippen molar-refractivity contribution in [1.82, 2.24) is 0 Å². The minimum Gasteiger partial charge on any atom is -0.497 e. The van der Waals surface area contributed by atoms with Gasteiger partial charge in [-0.3, -0.25) is 14.6 Å². The van der Waals surface area contributed by atoms with Crippen LogP contribution in [0.5, 0.6) is 11.5 Å². The van der Waals surface area contributed by atoms with Gasteiger partial charge in [0.25, 0.3) is 0 Å². The number of carbonyl (C=O) groups is 2. The first-order valence-corrected chi connectivity index (χ1v) is 13.4. The molecule has 3 aromatic carbocycles. The van der Waals surface area contributed by atoms with Gasteiger partial charge < -0.3 is 14.2 Å². The Bertz CT molecular complexity index is 1390. The summed E-state index contributed by atoms with van der Waals surface area (Å²) in [6.45, 7) is 4.37.